The molecule has 6 nitrogen and oxygen atoms in total. The highest BCUT2D eigenvalue weighted by Crippen LogP contribution is 2.39. The van der Waals surface area contributed by atoms with Crippen molar-refractivity contribution in [3.05, 3.63) is 70.5 Å². The Kier molecular flexibility index (Phi) is 7.30. The maximum Gasteiger partial charge on any atom is 0.295 e. The number of aliphatic hydroxyl groups is 1. The first kappa shape index (κ1) is 23.5. The lowest BCUT2D eigenvalue weighted by Crippen LogP contribution is -2.33. The Hall–Kier alpha value is -3.19. The standard InChI is InChI=1S/C25H28FNO5/c1-5-31-19-9-6-17(7-10-19)22-21(23(28)18-8-11-20(26)16(4)14-18)24(29)25(30)27(22)12-13-32-15(2)3/h6-11,14-15,22,28H,5,12-13H2,1-4H3/b23-21-. The number of ether oxygens (including phenoxy) is 2. The lowest BCUT2D eigenvalue weighted by molar-refractivity contribution is -0.140. The molecule has 1 aliphatic heterocycles. The number of carbonyl (C=O) groups excluding carboxylic acids is 2. The molecule has 1 fully saturated rings. The van der Waals surface area contributed by atoms with Crippen LogP contribution in [0.3, 0.4) is 0 Å². The number of benzene rings is 2. The third-order valence-corrected chi connectivity index (χ3v) is 5.26. The van der Waals surface area contributed by atoms with Crippen molar-refractivity contribution in [1.82, 2.24) is 4.90 Å². The highest BCUT2D eigenvalue weighted by Gasteiger charge is 2.45. The normalized spacial score (nSPS) is 17.9. The number of amides is 1. The summed E-state index contributed by atoms with van der Waals surface area (Å²) in [5, 5.41) is 11.0. The van der Waals surface area contributed by atoms with Gasteiger partial charge >= 0.3 is 0 Å². The van der Waals surface area contributed by atoms with E-state index in [9.17, 15) is 19.1 Å². The number of Topliss-reactive ketones (excluding diaryl/α,β-unsaturated/α-hetero) is 1. The molecule has 1 atom stereocenters. The summed E-state index contributed by atoms with van der Waals surface area (Å²) >= 11 is 0. The first-order chi connectivity index (χ1) is 15.2. The Morgan fingerprint density at radius 3 is 2.44 bits per heavy atom. The predicted octanol–water partition coefficient (Wildman–Crippen LogP) is 4.38. The average molecular weight is 441 g/mol. The van der Waals surface area contributed by atoms with Gasteiger partial charge in [-0.25, -0.2) is 4.39 Å². The molecule has 7 heteroatoms. The second kappa shape index (κ2) is 9.96. The van der Waals surface area contributed by atoms with Gasteiger partial charge in [-0.3, -0.25) is 9.59 Å². The second-order valence-corrected chi connectivity index (χ2v) is 7.88. The number of rotatable bonds is 8. The minimum absolute atomic E-state index is 0.0297. The van der Waals surface area contributed by atoms with E-state index in [4.69, 9.17) is 9.47 Å². The first-order valence-electron chi connectivity index (χ1n) is 10.6. The third kappa shape index (κ3) is 4.83. The molecule has 0 radical (unpaired) electrons. The summed E-state index contributed by atoms with van der Waals surface area (Å²) in [7, 11) is 0. The molecular weight excluding hydrogens is 413 g/mol. The van der Waals surface area contributed by atoms with Crippen molar-refractivity contribution >= 4 is 17.4 Å². The minimum atomic E-state index is -0.799. The summed E-state index contributed by atoms with van der Waals surface area (Å²) in [6, 6.07) is 10.3. The minimum Gasteiger partial charge on any atom is -0.507 e. The SMILES string of the molecule is CCOc1ccc(C2/C(=C(/O)c3ccc(F)c(C)c3)C(=O)C(=O)N2CCOC(C)C)cc1. The lowest BCUT2D eigenvalue weighted by Gasteiger charge is -2.26. The van der Waals surface area contributed by atoms with Crippen LogP contribution in [0.2, 0.25) is 0 Å². The van der Waals surface area contributed by atoms with E-state index in [1.54, 1.807) is 31.2 Å². The highest BCUT2D eigenvalue weighted by atomic mass is 19.1. The summed E-state index contributed by atoms with van der Waals surface area (Å²) < 4.78 is 24.8. The molecule has 2 aromatic carbocycles. The topological polar surface area (TPSA) is 76.1 Å². The average Bonchev–Trinajstić information content (AvgIpc) is 3.01. The molecule has 1 aliphatic rings. The van der Waals surface area contributed by atoms with E-state index in [0.29, 0.717) is 23.5 Å². The molecule has 1 amide bonds. The molecule has 0 aliphatic carbocycles. The van der Waals surface area contributed by atoms with Gasteiger partial charge in [-0.2, -0.15) is 0 Å². The molecule has 0 saturated carbocycles. The zero-order valence-electron chi connectivity index (χ0n) is 18.7. The van der Waals surface area contributed by atoms with Gasteiger partial charge in [-0.05, 0) is 69.2 Å². The first-order valence-corrected chi connectivity index (χ1v) is 10.6. The van der Waals surface area contributed by atoms with Crippen LogP contribution in [-0.4, -0.2) is 47.6 Å². The smallest absolute Gasteiger partial charge is 0.295 e. The largest absolute Gasteiger partial charge is 0.507 e. The van der Waals surface area contributed by atoms with Crippen molar-refractivity contribution in [2.24, 2.45) is 0 Å². The van der Waals surface area contributed by atoms with Crippen LogP contribution in [0.25, 0.3) is 5.76 Å². The number of hydrogen-bond acceptors (Lipinski definition) is 5. The molecule has 0 bridgehead atoms. The molecule has 170 valence electrons. The monoisotopic (exact) mass is 441 g/mol. The Balaban J connectivity index is 2.08. The summed E-state index contributed by atoms with van der Waals surface area (Å²) in [6.45, 7) is 8.14. The van der Waals surface area contributed by atoms with Gasteiger partial charge in [-0.1, -0.05) is 12.1 Å². The number of nitrogens with zero attached hydrogens (tertiary/aromatic N) is 1. The fourth-order valence-corrected chi connectivity index (χ4v) is 3.70. The van der Waals surface area contributed by atoms with Crippen LogP contribution in [0.5, 0.6) is 5.75 Å². The third-order valence-electron chi connectivity index (χ3n) is 5.26. The van der Waals surface area contributed by atoms with Crippen LogP contribution in [0.1, 0.15) is 43.5 Å². The number of likely N-dealkylation sites (tertiary alicyclic amines) is 1. The summed E-state index contributed by atoms with van der Waals surface area (Å²) in [6.07, 6.45) is -0.0297. The van der Waals surface area contributed by atoms with E-state index in [2.05, 4.69) is 0 Å². The summed E-state index contributed by atoms with van der Waals surface area (Å²) in [4.78, 5) is 27.3. The van der Waals surface area contributed by atoms with Gasteiger partial charge in [0.1, 0.15) is 17.3 Å². The van der Waals surface area contributed by atoms with E-state index in [1.165, 1.54) is 23.1 Å². The van der Waals surface area contributed by atoms with Gasteiger partial charge in [0.2, 0.25) is 0 Å². The number of hydrogen-bond donors (Lipinski definition) is 1. The Morgan fingerprint density at radius 2 is 1.84 bits per heavy atom. The Bertz CT molecular complexity index is 1030. The van der Waals surface area contributed by atoms with Crippen LogP contribution in [0.15, 0.2) is 48.0 Å². The molecule has 0 spiro atoms. The molecule has 32 heavy (non-hydrogen) atoms. The van der Waals surface area contributed by atoms with Gasteiger partial charge in [0, 0.05) is 12.1 Å². The molecule has 1 saturated heterocycles. The van der Waals surface area contributed by atoms with Crippen molar-refractivity contribution in [2.75, 3.05) is 19.8 Å². The molecular formula is C25H28FNO5. The summed E-state index contributed by atoms with van der Waals surface area (Å²) in [5.74, 6) is -1.59. The molecule has 1 unspecified atom stereocenters. The maximum atomic E-state index is 13.7. The second-order valence-electron chi connectivity index (χ2n) is 7.88. The van der Waals surface area contributed by atoms with Gasteiger partial charge in [0.05, 0.1) is 30.9 Å². The van der Waals surface area contributed by atoms with E-state index < -0.39 is 23.5 Å². The predicted molar refractivity (Wildman–Crippen MR) is 119 cm³/mol. The number of aryl methyl sites for hydroxylation is 1. The quantitative estimate of drug-likeness (QED) is 0.374. The van der Waals surface area contributed by atoms with Gasteiger partial charge in [-0.15, -0.1) is 0 Å². The van der Waals surface area contributed by atoms with Crippen LogP contribution >= 0.6 is 0 Å². The molecule has 2 aromatic rings. The molecule has 1 heterocycles. The summed E-state index contributed by atoms with van der Waals surface area (Å²) in [5.41, 5.74) is 1.22. The van der Waals surface area contributed by atoms with Crippen molar-refractivity contribution < 1.29 is 28.6 Å². The van der Waals surface area contributed by atoms with Crippen LogP contribution in [0, 0.1) is 12.7 Å². The van der Waals surface area contributed by atoms with Crippen molar-refractivity contribution in [3.63, 3.8) is 0 Å². The lowest BCUT2D eigenvalue weighted by atomic mass is 9.94. The van der Waals surface area contributed by atoms with Gasteiger partial charge in [0.15, 0.2) is 0 Å². The van der Waals surface area contributed by atoms with Gasteiger partial charge < -0.3 is 19.5 Å². The zero-order chi connectivity index (χ0) is 23.4. The fourth-order valence-electron chi connectivity index (χ4n) is 3.70. The van der Waals surface area contributed by atoms with E-state index >= 15 is 0 Å². The van der Waals surface area contributed by atoms with E-state index in [1.807, 2.05) is 20.8 Å². The number of carbonyl (C=O) groups is 2. The zero-order valence-corrected chi connectivity index (χ0v) is 18.7. The Morgan fingerprint density at radius 1 is 1.16 bits per heavy atom. The Labute approximate surface area is 187 Å². The number of halogens is 1. The van der Waals surface area contributed by atoms with Crippen LogP contribution in [-0.2, 0) is 14.3 Å². The van der Waals surface area contributed by atoms with Crippen molar-refractivity contribution in [1.29, 1.82) is 0 Å². The van der Waals surface area contributed by atoms with Crippen molar-refractivity contribution in [3.8, 4) is 5.75 Å². The highest BCUT2D eigenvalue weighted by molar-refractivity contribution is 6.46. The van der Waals surface area contributed by atoms with Crippen molar-refractivity contribution in [2.45, 2.75) is 39.8 Å². The van der Waals surface area contributed by atoms with Crippen LogP contribution < -0.4 is 4.74 Å². The van der Waals surface area contributed by atoms with E-state index in [-0.39, 0.29) is 36.2 Å². The number of ketones is 1. The number of aliphatic hydroxyl groups excluding tert-OH is 1. The molecule has 1 N–H and O–H groups in total. The van der Waals surface area contributed by atoms with Gasteiger partial charge in [0.25, 0.3) is 11.7 Å². The van der Waals surface area contributed by atoms with E-state index in [0.717, 1.165) is 0 Å². The fraction of sp³-hybridized carbons (Fsp3) is 0.360. The molecule has 0 aromatic heterocycles. The maximum absolute atomic E-state index is 13.7. The molecule has 3 rings (SSSR count). The van der Waals surface area contributed by atoms with Crippen LogP contribution in [0.4, 0.5) is 4.39 Å².